The molecule has 0 N–H and O–H groups in total. The van der Waals surface area contributed by atoms with Gasteiger partial charge in [-0.2, -0.15) is 0 Å². The second-order valence-corrected chi connectivity index (χ2v) is 4.06. The molecular formula is C11H9ClFN3O. The minimum atomic E-state index is -0.466. The molecule has 0 spiro atoms. The number of aromatic nitrogens is 3. The van der Waals surface area contributed by atoms with Crippen molar-refractivity contribution in [2.75, 3.05) is 0 Å². The predicted molar refractivity (Wildman–Crippen MR) is 61.1 cm³/mol. The topological polar surface area (TPSA) is 47.8 Å². The van der Waals surface area contributed by atoms with Gasteiger partial charge in [-0.25, -0.2) is 9.07 Å². The molecule has 4 nitrogen and oxygen atoms in total. The van der Waals surface area contributed by atoms with Crippen LogP contribution >= 0.6 is 11.6 Å². The predicted octanol–water partition coefficient (Wildman–Crippen LogP) is 2.57. The van der Waals surface area contributed by atoms with E-state index < -0.39 is 5.82 Å². The lowest BCUT2D eigenvalue weighted by Gasteiger charge is -2.04. The first kappa shape index (κ1) is 11.7. The van der Waals surface area contributed by atoms with Crippen LogP contribution in [0.1, 0.15) is 23.1 Å². The van der Waals surface area contributed by atoms with Crippen molar-refractivity contribution in [2.24, 2.45) is 0 Å². The molecule has 1 aromatic heterocycles. The summed E-state index contributed by atoms with van der Waals surface area (Å²) in [5.41, 5.74) is 1.26. The van der Waals surface area contributed by atoms with Crippen LogP contribution in [0.2, 0.25) is 5.02 Å². The van der Waals surface area contributed by atoms with Gasteiger partial charge in [0.25, 0.3) is 0 Å². The first-order valence-electron chi connectivity index (χ1n) is 4.88. The fourth-order valence-electron chi connectivity index (χ4n) is 1.56. The van der Waals surface area contributed by atoms with Crippen molar-refractivity contribution in [2.45, 2.75) is 13.8 Å². The van der Waals surface area contributed by atoms with Crippen LogP contribution in [0.3, 0.4) is 0 Å². The van der Waals surface area contributed by atoms with Gasteiger partial charge in [0.05, 0.1) is 11.4 Å². The van der Waals surface area contributed by atoms with Crippen LogP contribution in [-0.4, -0.2) is 20.8 Å². The van der Waals surface area contributed by atoms with Crippen molar-refractivity contribution in [3.8, 4) is 5.69 Å². The summed E-state index contributed by atoms with van der Waals surface area (Å²) in [6.07, 6.45) is 0. The number of hydrogen-bond donors (Lipinski definition) is 0. The van der Waals surface area contributed by atoms with E-state index in [9.17, 15) is 9.18 Å². The monoisotopic (exact) mass is 253 g/mol. The highest BCUT2D eigenvalue weighted by Gasteiger charge is 2.14. The van der Waals surface area contributed by atoms with Gasteiger partial charge in [-0.05, 0) is 25.1 Å². The number of carbonyl (C=O) groups excluding carboxylic acids is 1. The molecule has 0 radical (unpaired) electrons. The Morgan fingerprint density at radius 2 is 2.12 bits per heavy atom. The van der Waals surface area contributed by atoms with E-state index in [1.165, 1.54) is 23.7 Å². The van der Waals surface area contributed by atoms with Crippen molar-refractivity contribution in [3.63, 3.8) is 0 Å². The summed E-state index contributed by atoms with van der Waals surface area (Å²) in [6, 6.07) is 4.02. The molecule has 6 heteroatoms. The Bertz CT molecular complexity index is 574. The van der Waals surface area contributed by atoms with Gasteiger partial charge in [0.1, 0.15) is 5.82 Å². The van der Waals surface area contributed by atoms with Crippen LogP contribution < -0.4 is 0 Å². The molecule has 0 saturated carbocycles. The number of nitrogens with zero attached hydrogens (tertiary/aromatic N) is 3. The molecule has 0 unspecified atom stereocenters. The number of rotatable bonds is 2. The molecule has 1 heterocycles. The van der Waals surface area contributed by atoms with E-state index in [0.29, 0.717) is 11.4 Å². The highest BCUT2D eigenvalue weighted by Crippen LogP contribution is 2.19. The maximum absolute atomic E-state index is 13.2. The third-order valence-corrected chi connectivity index (χ3v) is 2.54. The van der Waals surface area contributed by atoms with E-state index >= 15 is 0 Å². The quantitative estimate of drug-likeness (QED) is 0.773. The van der Waals surface area contributed by atoms with Crippen LogP contribution in [0, 0.1) is 12.7 Å². The van der Waals surface area contributed by atoms with Gasteiger partial charge in [0.2, 0.25) is 0 Å². The molecule has 0 saturated heterocycles. The fourth-order valence-corrected chi connectivity index (χ4v) is 1.78. The third-order valence-electron chi connectivity index (χ3n) is 2.32. The number of hydrogen-bond acceptors (Lipinski definition) is 3. The van der Waals surface area contributed by atoms with Crippen LogP contribution in [-0.2, 0) is 0 Å². The van der Waals surface area contributed by atoms with Crippen LogP contribution in [0.5, 0.6) is 0 Å². The third kappa shape index (κ3) is 2.19. The first-order chi connectivity index (χ1) is 7.99. The number of carbonyl (C=O) groups is 1. The van der Waals surface area contributed by atoms with Crippen molar-refractivity contribution >= 4 is 17.4 Å². The molecule has 0 aliphatic heterocycles. The molecule has 0 aliphatic rings. The van der Waals surface area contributed by atoms with Gasteiger partial charge >= 0.3 is 0 Å². The Kier molecular flexibility index (Phi) is 2.93. The van der Waals surface area contributed by atoms with Crippen LogP contribution in [0.15, 0.2) is 18.2 Å². The minimum absolute atomic E-state index is 0.184. The maximum atomic E-state index is 13.2. The average molecular weight is 254 g/mol. The lowest BCUT2D eigenvalue weighted by molar-refractivity contribution is 0.101. The standard InChI is InChI=1S/C11H9ClFN3O/c1-6-11(7(2)17)14-15-16(6)10-4-8(12)3-9(13)5-10/h3-5H,1-2H3. The summed E-state index contributed by atoms with van der Waals surface area (Å²) < 4.78 is 14.6. The smallest absolute Gasteiger partial charge is 0.181 e. The van der Waals surface area contributed by atoms with E-state index in [2.05, 4.69) is 10.3 Å². The Morgan fingerprint density at radius 1 is 1.41 bits per heavy atom. The number of benzene rings is 1. The molecule has 0 amide bonds. The maximum Gasteiger partial charge on any atom is 0.181 e. The Balaban J connectivity index is 2.57. The summed E-state index contributed by atoms with van der Waals surface area (Å²) in [6.45, 7) is 3.09. The summed E-state index contributed by atoms with van der Waals surface area (Å²) in [4.78, 5) is 11.2. The largest absolute Gasteiger partial charge is 0.293 e. The van der Waals surface area contributed by atoms with Gasteiger partial charge < -0.3 is 0 Å². The van der Waals surface area contributed by atoms with E-state index in [0.717, 1.165) is 0 Å². The van der Waals surface area contributed by atoms with Gasteiger partial charge in [-0.3, -0.25) is 4.79 Å². The molecule has 0 atom stereocenters. The van der Waals surface area contributed by atoms with Crippen LogP contribution in [0.25, 0.3) is 5.69 Å². The zero-order valence-electron chi connectivity index (χ0n) is 9.24. The summed E-state index contributed by atoms with van der Waals surface area (Å²) in [5, 5.41) is 7.82. The zero-order valence-corrected chi connectivity index (χ0v) is 9.99. The second kappa shape index (κ2) is 4.25. The van der Waals surface area contributed by atoms with Gasteiger partial charge in [0, 0.05) is 11.9 Å². The molecule has 0 aliphatic carbocycles. The first-order valence-corrected chi connectivity index (χ1v) is 5.26. The van der Waals surface area contributed by atoms with Gasteiger partial charge in [0.15, 0.2) is 11.5 Å². The number of ketones is 1. The number of Topliss-reactive ketones (excluding diaryl/α,β-unsaturated/α-hetero) is 1. The SMILES string of the molecule is CC(=O)c1nnn(-c2cc(F)cc(Cl)c2)c1C. The molecule has 2 aromatic rings. The molecule has 0 fully saturated rings. The Labute approximate surface area is 102 Å². The molecule has 88 valence electrons. The van der Waals surface area contributed by atoms with E-state index in [-0.39, 0.29) is 16.5 Å². The highest BCUT2D eigenvalue weighted by molar-refractivity contribution is 6.30. The van der Waals surface area contributed by atoms with Gasteiger partial charge in [-0.1, -0.05) is 16.8 Å². The van der Waals surface area contributed by atoms with Crippen molar-refractivity contribution in [1.29, 1.82) is 0 Å². The van der Waals surface area contributed by atoms with Gasteiger partial charge in [-0.15, -0.1) is 5.10 Å². The Hall–Kier alpha value is -1.75. The fraction of sp³-hybridized carbons (Fsp3) is 0.182. The van der Waals surface area contributed by atoms with Crippen molar-refractivity contribution < 1.29 is 9.18 Å². The van der Waals surface area contributed by atoms with Crippen LogP contribution in [0.4, 0.5) is 4.39 Å². The molecule has 17 heavy (non-hydrogen) atoms. The number of halogens is 2. The normalized spacial score (nSPS) is 10.6. The average Bonchev–Trinajstić information content (AvgIpc) is 2.58. The lowest BCUT2D eigenvalue weighted by atomic mass is 10.2. The van der Waals surface area contributed by atoms with E-state index in [4.69, 9.17) is 11.6 Å². The molecule has 1 aromatic carbocycles. The second-order valence-electron chi connectivity index (χ2n) is 3.62. The lowest BCUT2D eigenvalue weighted by Crippen LogP contribution is -2.01. The minimum Gasteiger partial charge on any atom is -0.293 e. The van der Waals surface area contributed by atoms with E-state index in [1.807, 2.05) is 0 Å². The molecular weight excluding hydrogens is 245 g/mol. The summed E-state index contributed by atoms with van der Waals surface area (Å²) in [7, 11) is 0. The molecule has 2 rings (SSSR count). The summed E-state index contributed by atoms with van der Waals surface area (Å²) in [5.74, 6) is -0.650. The van der Waals surface area contributed by atoms with Crippen molar-refractivity contribution in [3.05, 3.63) is 40.4 Å². The highest BCUT2D eigenvalue weighted by atomic mass is 35.5. The molecule has 0 bridgehead atoms. The van der Waals surface area contributed by atoms with E-state index in [1.54, 1.807) is 13.0 Å². The zero-order chi connectivity index (χ0) is 12.6. The summed E-state index contributed by atoms with van der Waals surface area (Å²) >= 11 is 5.75. The Morgan fingerprint density at radius 3 is 2.65 bits per heavy atom. The van der Waals surface area contributed by atoms with Crippen molar-refractivity contribution in [1.82, 2.24) is 15.0 Å².